The van der Waals surface area contributed by atoms with Crippen molar-refractivity contribution in [2.75, 3.05) is 26.4 Å². The molecule has 2 N–H and O–H groups in total. The number of piperidine rings is 1. The van der Waals surface area contributed by atoms with E-state index < -0.39 is 0 Å². The van der Waals surface area contributed by atoms with E-state index in [0.29, 0.717) is 6.54 Å². The lowest BCUT2D eigenvalue weighted by molar-refractivity contribution is 0.0911. The van der Waals surface area contributed by atoms with Crippen LogP contribution in [0.25, 0.3) is 0 Å². The van der Waals surface area contributed by atoms with Crippen molar-refractivity contribution in [1.82, 2.24) is 20.5 Å². The van der Waals surface area contributed by atoms with Crippen LogP contribution in [0, 0.1) is 0 Å². The summed E-state index contributed by atoms with van der Waals surface area (Å²) in [5.41, 5.74) is 2.26. The standard InChI is InChI=1S/C22H27N5O2S/c1-23-17-8-7-15(13-20(17)30-3)14-24-21(28)18-5-4-6-19(26-18)22(29)25-16-9-11-27(2)12-10-16/h4-8,13,16H,1,9-12,14H2,2-3H3,(H,24,28)(H,25,29). The van der Waals surface area contributed by atoms with E-state index in [0.717, 1.165) is 42.1 Å². The number of carbonyl (C=O) groups is 2. The number of hydrogen-bond acceptors (Lipinski definition) is 6. The molecule has 1 saturated heterocycles. The van der Waals surface area contributed by atoms with E-state index in [1.165, 1.54) is 0 Å². The van der Waals surface area contributed by atoms with Crippen molar-refractivity contribution in [2.24, 2.45) is 4.99 Å². The Hall–Kier alpha value is -2.71. The molecule has 2 heterocycles. The minimum atomic E-state index is -0.319. The van der Waals surface area contributed by atoms with Crippen LogP contribution in [0.4, 0.5) is 5.69 Å². The fraction of sp³-hybridized carbons (Fsp3) is 0.364. The first-order valence-electron chi connectivity index (χ1n) is 9.88. The van der Waals surface area contributed by atoms with Gasteiger partial charge in [0.1, 0.15) is 11.4 Å². The number of amides is 2. The van der Waals surface area contributed by atoms with Crippen LogP contribution < -0.4 is 10.6 Å². The largest absolute Gasteiger partial charge is 0.348 e. The summed E-state index contributed by atoms with van der Waals surface area (Å²) >= 11 is 1.58. The predicted octanol–water partition coefficient (Wildman–Crippen LogP) is 2.89. The van der Waals surface area contributed by atoms with E-state index >= 15 is 0 Å². The lowest BCUT2D eigenvalue weighted by Crippen LogP contribution is -2.43. The molecule has 3 rings (SSSR count). The number of pyridine rings is 1. The number of hydrogen-bond donors (Lipinski definition) is 2. The Bertz CT molecular complexity index is 925. The maximum Gasteiger partial charge on any atom is 0.270 e. The van der Waals surface area contributed by atoms with Crippen molar-refractivity contribution in [2.45, 2.75) is 30.3 Å². The van der Waals surface area contributed by atoms with E-state index in [9.17, 15) is 9.59 Å². The zero-order valence-electron chi connectivity index (χ0n) is 17.4. The van der Waals surface area contributed by atoms with Crippen molar-refractivity contribution < 1.29 is 9.59 Å². The van der Waals surface area contributed by atoms with Crippen LogP contribution in [0.3, 0.4) is 0 Å². The highest BCUT2D eigenvalue weighted by Gasteiger charge is 2.20. The molecule has 2 aromatic rings. The molecule has 0 unspecified atom stereocenters. The van der Waals surface area contributed by atoms with Crippen LogP contribution in [0.5, 0.6) is 0 Å². The predicted molar refractivity (Wildman–Crippen MR) is 121 cm³/mol. The van der Waals surface area contributed by atoms with Crippen LogP contribution in [0.2, 0.25) is 0 Å². The van der Waals surface area contributed by atoms with Crippen LogP contribution in [-0.2, 0) is 6.54 Å². The molecule has 1 aliphatic rings. The lowest BCUT2D eigenvalue weighted by Gasteiger charge is -2.29. The van der Waals surface area contributed by atoms with Crippen molar-refractivity contribution in [3.8, 4) is 0 Å². The molecule has 8 heteroatoms. The Balaban J connectivity index is 1.60. The average Bonchev–Trinajstić information content (AvgIpc) is 2.78. The molecule has 1 aliphatic heterocycles. The molecule has 0 saturated carbocycles. The van der Waals surface area contributed by atoms with E-state index in [-0.39, 0.29) is 29.2 Å². The summed E-state index contributed by atoms with van der Waals surface area (Å²) in [5, 5.41) is 5.89. The number of benzene rings is 1. The van der Waals surface area contributed by atoms with E-state index in [1.54, 1.807) is 30.0 Å². The number of aromatic nitrogens is 1. The van der Waals surface area contributed by atoms with Crippen LogP contribution in [-0.4, -0.2) is 60.9 Å². The Morgan fingerprint density at radius 2 is 1.90 bits per heavy atom. The monoisotopic (exact) mass is 425 g/mol. The Morgan fingerprint density at radius 3 is 2.57 bits per heavy atom. The molecule has 0 atom stereocenters. The molecule has 0 radical (unpaired) electrons. The zero-order valence-corrected chi connectivity index (χ0v) is 18.2. The molecule has 30 heavy (non-hydrogen) atoms. The van der Waals surface area contributed by atoms with Gasteiger partial charge in [0.2, 0.25) is 0 Å². The molecule has 2 amide bonds. The first kappa shape index (κ1) is 22.0. The van der Waals surface area contributed by atoms with Gasteiger partial charge in [-0.2, -0.15) is 0 Å². The quantitative estimate of drug-likeness (QED) is 0.526. The summed E-state index contributed by atoms with van der Waals surface area (Å²) < 4.78 is 0. The number of nitrogens with one attached hydrogen (secondary N) is 2. The zero-order chi connectivity index (χ0) is 21.5. The normalized spacial score (nSPS) is 14.9. The summed E-state index contributed by atoms with van der Waals surface area (Å²) in [6, 6.07) is 10.8. The highest BCUT2D eigenvalue weighted by molar-refractivity contribution is 7.98. The van der Waals surface area contributed by atoms with E-state index in [2.05, 4.69) is 39.3 Å². The van der Waals surface area contributed by atoms with Crippen molar-refractivity contribution >= 4 is 36.0 Å². The number of rotatable bonds is 7. The molecule has 0 bridgehead atoms. The first-order chi connectivity index (χ1) is 14.5. The summed E-state index contributed by atoms with van der Waals surface area (Å²) in [7, 11) is 2.08. The number of thioether (sulfide) groups is 1. The SMILES string of the molecule is C=Nc1ccc(CNC(=O)c2cccc(C(=O)NC3CCN(C)CC3)n2)cc1SC. The summed E-state index contributed by atoms with van der Waals surface area (Å²) in [4.78, 5) is 36.6. The van der Waals surface area contributed by atoms with Gasteiger partial charge in [-0.05, 0) is 75.8 Å². The molecule has 1 aromatic carbocycles. The van der Waals surface area contributed by atoms with Gasteiger partial charge in [-0.25, -0.2) is 4.98 Å². The number of nitrogens with zero attached hydrogens (tertiary/aromatic N) is 3. The minimum Gasteiger partial charge on any atom is -0.348 e. The van der Waals surface area contributed by atoms with Gasteiger partial charge < -0.3 is 15.5 Å². The van der Waals surface area contributed by atoms with Gasteiger partial charge in [0, 0.05) is 17.5 Å². The highest BCUT2D eigenvalue weighted by atomic mass is 32.2. The van der Waals surface area contributed by atoms with Crippen molar-refractivity contribution in [3.05, 3.63) is 53.3 Å². The summed E-state index contributed by atoms with van der Waals surface area (Å²) in [6.07, 6.45) is 3.81. The molecular weight excluding hydrogens is 398 g/mol. The molecule has 0 aliphatic carbocycles. The third kappa shape index (κ3) is 5.67. The molecule has 158 valence electrons. The summed E-state index contributed by atoms with van der Waals surface area (Å²) in [6.45, 7) is 5.85. The van der Waals surface area contributed by atoms with Crippen LogP contribution in [0.1, 0.15) is 39.4 Å². The maximum atomic E-state index is 12.6. The third-order valence-electron chi connectivity index (χ3n) is 5.14. The molecule has 1 fully saturated rings. The second-order valence-corrected chi connectivity index (χ2v) is 8.15. The lowest BCUT2D eigenvalue weighted by atomic mass is 10.1. The van der Waals surface area contributed by atoms with Crippen molar-refractivity contribution in [1.29, 1.82) is 0 Å². The van der Waals surface area contributed by atoms with Gasteiger partial charge in [-0.1, -0.05) is 12.1 Å². The Morgan fingerprint density at radius 1 is 1.20 bits per heavy atom. The second kappa shape index (κ2) is 10.4. The van der Waals surface area contributed by atoms with E-state index in [4.69, 9.17) is 0 Å². The van der Waals surface area contributed by atoms with Gasteiger partial charge >= 0.3 is 0 Å². The van der Waals surface area contributed by atoms with Crippen LogP contribution in [0.15, 0.2) is 46.3 Å². The molecule has 0 spiro atoms. The maximum absolute atomic E-state index is 12.6. The number of carbonyl (C=O) groups excluding carboxylic acids is 2. The number of likely N-dealkylation sites (tertiary alicyclic amines) is 1. The second-order valence-electron chi connectivity index (χ2n) is 7.31. The summed E-state index contributed by atoms with van der Waals surface area (Å²) in [5.74, 6) is -0.558. The molecule has 1 aromatic heterocycles. The fourth-order valence-electron chi connectivity index (χ4n) is 3.34. The van der Waals surface area contributed by atoms with Crippen LogP contribution >= 0.6 is 11.8 Å². The van der Waals surface area contributed by atoms with Gasteiger partial charge in [0.05, 0.1) is 5.69 Å². The van der Waals surface area contributed by atoms with Crippen molar-refractivity contribution in [3.63, 3.8) is 0 Å². The Labute approximate surface area is 181 Å². The first-order valence-corrected chi connectivity index (χ1v) is 11.1. The third-order valence-corrected chi connectivity index (χ3v) is 5.90. The Kier molecular flexibility index (Phi) is 7.59. The molecule has 7 nitrogen and oxygen atoms in total. The van der Waals surface area contributed by atoms with Gasteiger partial charge in [0.15, 0.2) is 0 Å². The fourth-order valence-corrected chi connectivity index (χ4v) is 3.95. The minimum absolute atomic E-state index is 0.145. The van der Waals surface area contributed by atoms with E-state index in [1.807, 2.05) is 24.5 Å². The van der Waals surface area contributed by atoms with Gasteiger partial charge in [-0.3, -0.25) is 14.6 Å². The topological polar surface area (TPSA) is 86.7 Å². The van der Waals surface area contributed by atoms with Gasteiger partial charge in [0.25, 0.3) is 11.8 Å². The smallest absolute Gasteiger partial charge is 0.270 e. The number of aliphatic imine (C=N–C) groups is 1. The molecular formula is C22H27N5O2S. The highest BCUT2D eigenvalue weighted by Crippen LogP contribution is 2.28. The van der Waals surface area contributed by atoms with Gasteiger partial charge in [-0.15, -0.1) is 11.8 Å². The average molecular weight is 426 g/mol.